The molecular formula is C18H23N3O2S. The van der Waals surface area contributed by atoms with Crippen LogP contribution in [0.25, 0.3) is 10.6 Å². The molecule has 1 aromatic carbocycles. The first-order chi connectivity index (χ1) is 11.4. The SMILES string of the molecule is CCN(CC(=O)NC(C)C)C(=O)c1ccc(-c2nc(C)cs2)cc1. The third-order valence-corrected chi connectivity index (χ3v) is 4.46. The van der Waals surface area contributed by atoms with E-state index < -0.39 is 0 Å². The van der Waals surface area contributed by atoms with E-state index in [1.54, 1.807) is 28.4 Å². The summed E-state index contributed by atoms with van der Waals surface area (Å²) in [5.74, 6) is -0.284. The average Bonchev–Trinajstić information content (AvgIpc) is 2.98. The first-order valence-electron chi connectivity index (χ1n) is 8.02. The standard InChI is InChI=1S/C18H23N3O2S/c1-5-21(10-16(22)19-12(2)3)18(23)15-8-6-14(7-9-15)17-20-13(4)11-24-17/h6-9,11-12H,5,10H2,1-4H3,(H,19,22). The topological polar surface area (TPSA) is 62.3 Å². The summed E-state index contributed by atoms with van der Waals surface area (Å²) < 4.78 is 0. The van der Waals surface area contributed by atoms with E-state index in [2.05, 4.69) is 10.3 Å². The number of rotatable bonds is 6. The number of aryl methyl sites for hydroxylation is 1. The summed E-state index contributed by atoms with van der Waals surface area (Å²) in [6.45, 7) is 8.18. The first-order valence-corrected chi connectivity index (χ1v) is 8.90. The first kappa shape index (κ1) is 18.1. The van der Waals surface area contributed by atoms with Crippen LogP contribution >= 0.6 is 11.3 Å². The van der Waals surface area contributed by atoms with Crippen molar-refractivity contribution >= 4 is 23.2 Å². The predicted molar refractivity (Wildman–Crippen MR) is 97.1 cm³/mol. The van der Waals surface area contributed by atoms with Crippen molar-refractivity contribution in [1.82, 2.24) is 15.2 Å². The van der Waals surface area contributed by atoms with Gasteiger partial charge >= 0.3 is 0 Å². The molecule has 128 valence electrons. The Morgan fingerprint density at radius 3 is 2.42 bits per heavy atom. The zero-order valence-electron chi connectivity index (χ0n) is 14.5. The number of amides is 2. The maximum atomic E-state index is 12.6. The molecule has 5 nitrogen and oxygen atoms in total. The minimum absolute atomic E-state index is 0.0624. The Kier molecular flexibility index (Phi) is 6.09. The van der Waals surface area contributed by atoms with Gasteiger partial charge in [0.1, 0.15) is 5.01 Å². The van der Waals surface area contributed by atoms with Gasteiger partial charge in [-0.3, -0.25) is 9.59 Å². The van der Waals surface area contributed by atoms with Crippen LogP contribution in [0.15, 0.2) is 29.6 Å². The number of nitrogens with zero attached hydrogens (tertiary/aromatic N) is 2. The van der Waals surface area contributed by atoms with Crippen LogP contribution in [0.2, 0.25) is 0 Å². The number of hydrogen-bond donors (Lipinski definition) is 1. The molecule has 1 N–H and O–H groups in total. The van der Waals surface area contributed by atoms with Crippen molar-refractivity contribution in [3.8, 4) is 10.6 Å². The van der Waals surface area contributed by atoms with Gasteiger partial charge in [-0.05, 0) is 39.8 Å². The van der Waals surface area contributed by atoms with Gasteiger partial charge in [0.15, 0.2) is 0 Å². The number of thiazole rings is 1. The van der Waals surface area contributed by atoms with Crippen molar-refractivity contribution in [2.45, 2.75) is 33.7 Å². The van der Waals surface area contributed by atoms with Crippen LogP contribution in [-0.4, -0.2) is 40.8 Å². The van der Waals surface area contributed by atoms with Crippen molar-refractivity contribution in [2.24, 2.45) is 0 Å². The Hall–Kier alpha value is -2.21. The summed E-state index contributed by atoms with van der Waals surface area (Å²) in [5, 5.41) is 5.75. The third-order valence-electron chi connectivity index (χ3n) is 3.45. The monoisotopic (exact) mass is 345 g/mol. The molecule has 6 heteroatoms. The number of likely N-dealkylation sites (N-methyl/N-ethyl adjacent to an activating group) is 1. The molecule has 2 aromatic rings. The van der Waals surface area contributed by atoms with E-state index in [1.165, 1.54) is 0 Å². The van der Waals surface area contributed by atoms with E-state index in [-0.39, 0.29) is 24.4 Å². The summed E-state index contributed by atoms with van der Waals surface area (Å²) >= 11 is 1.58. The second kappa shape index (κ2) is 8.06. The number of aromatic nitrogens is 1. The van der Waals surface area contributed by atoms with Crippen molar-refractivity contribution in [3.05, 3.63) is 40.9 Å². The fourth-order valence-corrected chi connectivity index (χ4v) is 3.10. The molecule has 24 heavy (non-hydrogen) atoms. The van der Waals surface area contributed by atoms with Crippen LogP contribution in [-0.2, 0) is 4.79 Å². The summed E-state index contributed by atoms with van der Waals surface area (Å²) in [7, 11) is 0. The number of nitrogens with one attached hydrogen (secondary N) is 1. The smallest absolute Gasteiger partial charge is 0.254 e. The molecule has 0 unspecified atom stereocenters. The lowest BCUT2D eigenvalue weighted by Gasteiger charge is -2.21. The van der Waals surface area contributed by atoms with E-state index in [1.807, 2.05) is 45.2 Å². The van der Waals surface area contributed by atoms with Crippen molar-refractivity contribution in [1.29, 1.82) is 0 Å². The predicted octanol–water partition coefficient (Wildman–Crippen LogP) is 3.11. The molecule has 0 atom stereocenters. The zero-order valence-corrected chi connectivity index (χ0v) is 15.3. The maximum absolute atomic E-state index is 12.6. The largest absolute Gasteiger partial charge is 0.352 e. The molecule has 0 spiro atoms. The molecule has 0 aliphatic heterocycles. The van der Waals surface area contributed by atoms with E-state index >= 15 is 0 Å². The van der Waals surface area contributed by atoms with E-state index in [0.29, 0.717) is 12.1 Å². The lowest BCUT2D eigenvalue weighted by Crippen LogP contribution is -2.42. The van der Waals surface area contributed by atoms with Gasteiger partial charge in [0.25, 0.3) is 5.91 Å². The number of benzene rings is 1. The second-order valence-electron chi connectivity index (χ2n) is 5.91. The molecule has 0 aliphatic carbocycles. The highest BCUT2D eigenvalue weighted by atomic mass is 32.1. The van der Waals surface area contributed by atoms with Crippen molar-refractivity contribution < 1.29 is 9.59 Å². The lowest BCUT2D eigenvalue weighted by molar-refractivity contribution is -0.122. The van der Waals surface area contributed by atoms with Crippen molar-refractivity contribution in [2.75, 3.05) is 13.1 Å². The second-order valence-corrected chi connectivity index (χ2v) is 6.77. The van der Waals surface area contributed by atoms with Gasteiger partial charge in [0, 0.05) is 34.8 Å². The van der Waals surface area contributed by atoms with Gasteiger partial charge in [0.2, 0.25) is 5.91 Å². The highest BCUT2D eigenvalue weighted by Gasteiger charge is 2.18. The average molecular weight is 345 g/mol. The summed E-state index contributed by atoms with van der Waals surface area (Å²) in [4.78, 5) is 30.5. The van der Waals surface area contributed by atoms with Crippen LogP contribution in [0.3, 0.4) is 0 Å². The zero-order chi connectivity index (χ0) is 17.7. The molecule has 0 bridgehead atoms. The number of carbonyl (C=O) groups excluding carboxylic acids is 2. The number of carbonyl (C=O) groups is 2. The molecule has 2 rings (SSSR count). The fourth-order valence-electron chi connectivity index (χ4n) is 2.29. The van der Waals surface area contributed by atoms with E-state index in [0.717, 1.165) is 16.3 Å². The Morgan fingerprint density at radius 1 is 1.25 bits per heavy atom. The highest BCUT2D eigenvalue weighted by molar-refractivity contribution is 7.13. The van der Waals surface area contributed by atoms with Gasteiger partial charge in [-0.1, -0.05) is 12.1 Å². The Morgan fingerprint density at radius 2 is 1.92 bits per heavy atom. The summed E-state index contributed by atoms with van der Waals surface area (Å²) in [6, 6.07) is 7.43. The molecule has 0 aliphatic rings. The minimum Gasteiger partial charge on any atom is -0.352 e. The van der Waals surface area contributed by atoms with E-state index in [4.69, 9.17) is 0 Å². The maximum Gasteiger partial charge on any atom is 0.254 e. The van der Waals surface area contributed by atoms with Gasteiger partial charge in [-0.2, -0.15) is 0 Å². The molecule has 1 heterocycles. The molecule has 0 radical (unpaired) electrons. The fraction of sp³-hybridized carbons (Fsp3) is 0.389. The van der Waals surface area contributed by atoms with Crippen molar-refractivity contribution in [3.63, 3.8) is 0 Å². The van der Waals surface area contributed by atoms with E-state index in [9.17, 15) is 9.59 Å². The molecular weight excluding hydrogens is 322 g/mol. The summed E-state index contributed by atoms with van der Waals surface area (Å²) in [6.07, 6.45) is 0. The Labute approximate surface area is 146 Å². The minimum atomic E-state index is -0.143. The van der Waals surface area contributed by atoms with Crippen LogP contribution in [0.1, 0.15) is 36.8 Å². The molecule has 1 aromatic heterocycles. The third kappa shape index (κ3) is 4.64. The highest BCUT2D eigenvalue weighted by Crippen LogP contribution is 2.24. The Balaban J connectivity index is 2.08. The van der Waals surface area contributed by atoms with Gasteiger partial charge in [0.05, 0.1) is 6.54 Å². The molecule has 0 saturated carbocycles. The summed E-state index contributed by atoms with van der Waals surface area (Å²) in [5.41, 5.74) is 2.56. The van der Waals surface area contributed by atoms with Crippen LogP contribution < -0.4 is 5.32 Å². The normalized spacial score (nSPS) is 10.7. The van der Waals surface area contributed by atoms with Gasteiger partial charge < -0.3 is 10.2 Å². The van der Waals surface area contributed by atoms with Crippen LogP contribution in [0.4, 0.5) is 0 Å². The van der Waals surface area contributed by atoms with Crippen LogP contribution in [0.5, 0.6) is 0 Å². The van der Waals surface area contributed by atoms with Gasteiger partial charge in [-0.25, -0.2) is 4.98 Å². The lowest BCUT2D eigenvalue weighted by atomic mass is 10.1. The molecule has 0 saturated heterocycles. The Bertz CT molecular complexity index is 707. The number of hydrogen-bond acceptors (Lipinski definition) is 4. The molecule has 0 fully saturated rings. The quantitative estimate of drug-likeness (QED) is 0.875. The molecule has 2 amide bonds. The van der Waals surface area contributed by atoms with Gasteiger partial charge in [-0.15, -0.1) is 11.3 Å². The van der Waals surface area contributed by atoms with Crippen LogP contribution in [0, 0.1) is 6.92 Å².